The molecule has 0 unspecified atom stereocenters. The van der Waals surface area contributed by atoms with Gasteiger partial charge in [0.1, 0.15) is 0 Å². The Hall–Kier alpha value is -0.668. The van der Waals surface area contributed by atoms with Gasteiger partial charge in [0.2, 0.25) is 0 Å². The van der Waals surface area contributed by atoms with E-state index in [1.54, 1.807) is 12.1 Å². The van der Waals surface area contributed by atoms with Crippen LogP contribution in [-0.4, -0.2) is 3.56 Å². The molecule has 0 heterocycles. The molecule has 0 aliphatic heterocycles. The van der Waals surface area contributed by atoms with Crippen molar-refractivity contribution in [1.82, 2.24) is 0 Å². The molecule has 0 bridgehead atoms. The predicted octanol–water partition coefficient (Wildman–Crippen LogP) is 1.47. The third-order valence-corrected chi connectivity index (χ3v) is 0.775. The SMILES string of the molecule is CC#N.CC#N.O=[N+]([O-])[Pd][Cl]. The third kappa shape index (κ3) is 283. The second kappa shape index (κ2) is 22.8. The van der Waals surface area contributed by atoms with Gasteiger partial charge in [0.05, 0.1) is 12.1 Å². The first kappa shape index (κ1) is 16.7. The molecule has 0 saturated heterocycles. The molecule has 5 nitrogen and oxygen atoms in total. The fourth-order valence-electron chi connectivity index (χ4n) is 0. The van der Waals surface area contributed by atoms with Crippen LogP contribution in [0.25, 0.3) is 0 Å². The monoisotopic (exact) mass is 269 g/mol. The number of rotatable bonds is 1. The van der Waals surface area contributed by atoms with Gasteiger partial charge in [-0.1, -0.05) is 0 Å². The Morgan fingerprint density at radius 2 is 1.55 bits per heavy atom. The van der Waals surface area contributed by atoms with Crippen molar-refractivity contribution in [3.63, 3.8) is 0 Å². The van der Waals surface area contributed by atoms with Crippen molar-refractivity contribution in [2.75, 3.05) is 0 Å². The first-order chi connectivity index (χ1) is 5.10. The normalized spacial score (nSPS) is 5.18. The Balaban J connectivity index is -0.0000000933. The summed E-state index contributed by atoms with van der Waals surface area (Å²) in [4.78, 5) is 9.06. The predicted molar refractivity (Wildman–Crippen MR) is 35.4 cm³/mol. The van der Waals surface area contributed by atoms with Gasteiger partial charge in [0, 0.05) is 13.8 Å². The molecule has 0 aromatic carbocycles. The molecular weight excluding hydrogens is 264 g/mol. The maximum absolute atomic E-state index is 9.06. The quantitative estimate of drug-likeness (QED) is 0.410. The van der Waals surface area contributed by atoms with E-state index in [2.05, 4.69) is 9.53 Å². The van der Waals surface area contributed by atoms with Crippen LogP contribution in [0.1, 0.15) is 13.8 Å². The first-order valence-corrected chi connectivity index (χ1v) is 4.77. The van der Waals surface area contributed by atoms with E-state index in [4.69, 9.17) is 20.6 Å². The van der Waals surface area contributed by atoms with Crippen LogP contribution in [0.5, 0.6) is 0 Å². The molecule has 0 aromatic rings. The van der Waals surface area contributed by atoms with Crippen LogP contribution < -0.4 is 0 Å². The van der Waals surface area contributed by atoms with Crippen LogP contribution in [0.3, 0.4) is 0 Å². The van der Waals surface area contributed by atoms with E-state index in [1.165, 1.54) is 13.8 Å². The summed E-state index contributed by atoms with van der Waals surface area (Å²) in [5, 5.41) is 23.7. The molecule has 0 aliphatic carbocycles. The minimum atomic E-state index is -0.844. The zero-order chi connectivity index (χ0) is 9.70. The second-order valence-electron chi connectivity index (χ2n) is 0.691. The Labute approximate surface area is 77.1 Å². The van der Waals surface area contributed by atoms with Crippen molar-refractivity contribution in [2.45, 2.75) is 13.8 Å². The Bertz CT molecular complexity index is 150. The number of hydrogen-bond donors (Lipinski definition) is 0. The number of hydrogen-bond acceptors (Lipinski definition) is 4. The van der Waals surface area contributed by atoms with Gasteiger partial charge in [0.25, 0.3) is 0 Å². The molecule has 0 amide bonds. The summed E-state index contributed by atoms with van der Waals surface area (Å²) in [7, 11) is 4.69. The van der Waals surface area contributed by atoms with Gasteiger partial charge >= 0.3 is 40.4 Å². The van der Waals surface area contributed by atoms with Gasteiger partial charge in [-0.25, -0.2) is 0 Å². The van der Waals surface area contributed by atoms with E-state index in [0.29, 0.717) is 0 Å². The van der Waals surface area contributed by atoms with Gasteiger partial charge in [0.15, 0.2) is 0 Å². The van der Waals surface area contributed by atoms with Gasteiger partial charge in [-0.3, -0.25) is 0 Å². The Kier molecular flexibility index (Phi) is 34.7. The van der Waals surface area contributed by atoms with Crippen molar-refractivity contribution in [2.24, 2.45) is 0 Å². The number of nitriles is 2. The second-order valence-corrected chi connectivity index (χ2v) is 2.15. The Morgan fingerprint density at radius 1 is 1.45 bits per heavy atom. The zero-order valence-corrected chi connectivity index (χ0v) is 8.16. The minimum absolute atomic E-state index is 0.560. The standard InChI is InChI=1S/2C2H3N.ClH.NO2.Pd/c2*1-2-3;;2-1-3;/h2*1H3;1H;;/q;;;;+1/p-1. The Morgan fingerprint density at radius 3 is 1.55 bits per heavy atom. The topological polar surface area (TPSA) is 90.7 Å². The molecule has 0 spiro atoms. The molecule has 0 rings (SSSR count). The summed E-state index contributed by atoms with van der Waals surface area (Å²) >= 11 is -0.844. The van der Waals surface area contributed by atoms with Crippen molar-refractivity contribution in [1.29, 1.82) is 10.5 Å². The van der Waals surface area contributed by atoms with Crippen LogP contribution in [-0.2, 0) is 17.2 Å². The summed E-state index contributed by atoms with van der Waals surface area (Å²) in [6, 6.07) is 3.50. The molecule has 0 aromatic heterocycles. The van der Waals surface area contributed by atoms with E-state index in [1.807, 2.05) is 0 Å². The van der Waals surface area contributed by atoms with Crippen LogP contribution in [0, 0.1) is 32.8 Å². The molecule has 0 N–H and O–H groups in total. The van der Waals surface area contributed by atoms with Crippen molar-refractivity contribution < 1.29 is 20.8 Å². The summed E-state index contributed by atoms with van der Waals surface area (Å²) in [5.74, 6) is 0. The van der Waals surface area contributed by atoms with Crippen molar-refractivity contribution >= 4 is 9.53 Å². The molecule has 0 radical (unpaired) electrons. The van der Waals surface area contributed by atoms with Crippen molar-refractivity contribution in [3.8, 4) is 12.1 Å². The summed E-state index contributed by atoms with van der Waals surface area (Å²) in [5.41, 5.74) is 0. The molecule has 11 heavy (non-hydrogen) atoms. The summed E-state index contributed by atoms with van der Waals surface area (Å²) < 4.78 is -0.560. The van der Waals surface area contributed by atoms with E-state index in [-0.39, 0.29) is 0 Å². The zero-order valence-electron chi connectivity index (χ0n) is 5.85. The average Bonchev–Trinajstić information content (AvgIpc) is 1.91. The van der Waals surface area contributed by atoms with Gasteiger partial charge < -0.3 is 0 Å². The van der Waals surface area contributed by atoms with E-state index >= 15 is 0 Å². The fourth-order valence-corrected chi connectivity index (χ4v) is 0. The molecule has 0 aliphatic rings. The van der Waals surface area contributed by atoms with E-state index in [9.17, 15) is 0 Å². The third-order valence-electron chi connectivity index (χ3n) is 0.0436. The van der Waals surface area contributed by atoms with E-state index in [0.717, 1.165) is 0 Å². The van der Waals surface area contributed by atoms with E-state index < -0.39 is 20.8 Å². The molecule has 7 heteroatoms. The van der Waals surface area contributed by atoms with Gasteiger partial charge in [-0.05, 0) is 0 Å². The van der Waals surface area contributed by atoms with Gasteiger partial charge in [-0.2, -0.15) is 10.5 Å². The number of nitro groups is 1. The fraction of sp³-hybridized carbons (Fsp3) is 0.500. The molecule has 0 fully saturated rings. The van der Waals surface area contributed by atoms with Crippen LogP contribution >= 0.6 is 9.53 Å². The van der Waals surface area contributed by atoms with Crippen LogP contribution in [0.15, 0.2) is 0 Å². The summed E-state index contributed by atoms with van der Waals surface area (Å²) in [6.07, 6.45) is 0. The molecule has 0 atom stereocenters. The van der Waals surface area contributed by atoms with Gasteiger partial charge in [-0.15, -0.1) is 0 Å². The summed E-state index contributed by atoms with van der Waals surface area (Å²) in [6.45, 7) is 2.86. The molecule has 0 saturated carbocycles. The molecular formula is C4H6ClN3O2Pd. The van der Waals surface area contributed by atoms with Crippen molar-refractivity contribution in [3.05, 3.63) is 10.1 Å². The van der Waals surface area contributed by atoms with Crippen LogP contribution in [0.4, 0.5) is 0 Å². The van der Waals surface area contributed by atoms with Crippen LogP contribution in [0.2, 0.25) is 0 Å². The maximum atomic E-state index is 9.06. The number of halogens is 1. The molecule has 66 valence electrons. The number of nitrogens with zero attached hydrogens (tertiary/aromatic N) is 3. The average molecular weight is 270 g/mol. The first-order valence-electron chi connectivity index (χ1n) is 2.07.